The average molecular weight is 415 g/mol. The monoisotopic (exact) mass is 414 g/mol. The Morgan fingerprint density at radius 1 is 1.12 bits per heavy atom. The number of benzene rings is 2. The van der Waals surface area contributed by atoms with Gasteiger partial charge in [0.25, 0.3) is 5.91 Å². The van der Waals surface area contributed by atoms with E-state index in [0.717, 1.165) is 15.6 Å². The SMILES string of the molecule is Cc1ccc(O[C@@H](C)C(=O)Nc2cc(-c3ccc(Br)cc3)no2)cc1C. The van der Waals surface area contributed by atoms with Crippen molar-refractivity contribution in [3.05, 3.63) is 64.1 Å². The van der Waals surface area contributed by atoms with E-state index in [4.69, 9.17) is 9.26 Å². The quantitative estimate of drug-likeness (QED) is 0.628. The summed E-state index contributed by atoms with van der Waals surface area (Å²) < 4.78 is 11.9. The fraction of sp³-hybridized carbons (Fsp3) is 0.200. The van der Waals surface area contributed by atoms with E-state index < -0.39 is 6.10 Å². The van der Waals surface area contributed by atoms with Gasteiger partial charge in [-0.25, -0.2) is 0 Å². The molecule has 0 bridgehead atoms. The summed E-state index contributed by atoms with van der Waals surface area (Å²) >= 11 is 3.39. The summed E-state index contributed by atoms with van der Waals surface area (Å²) in [5.74, 6) is 0.633. The normalized spacial score (nSPS) is 11.8. The molecule has 26 heavy (non-hydrogen) atoms. The maximum Gasteiger partial charge on any atom is 0.267 e. The molecule has 0 unspecified atom stereocenters. The number of hydrogen-bond donors (Lipinski definition) is 1. The zero-order chi connectivity index (χ0) is 18.7. The zero-order valence-corrected chi connectivity index (χ0v) is 16.3. The number of nitrogens with zero attached hydrogens (tertiary/aromatic N) is 1. The molecule has 3 aromatic rings. The average Bonchev–Trinajstić information content (AvgIpc) is 3.07. The lowest BCUT2D eigenvalue weighted by molar-refractivity contribution is -0.122. The summed E-state index contributed by atoms with van der Waals surface area (Å²) in [5, 5.41) is 6.68. The van der Waals surface area contributed by atoms with Crippen LogP contribution in [-0.2, 0) is 4.79 Å². The predicted octanol–water partition coefficient (Wildman–Crippen LogP) is 5.13. The molecule has 0 saturated carbocycles. The molecular formula is C20H19BrN2O3. The Hall–Kier alpha value is -2.60. The minimum atomic E-state index is -0.668. The van der Waals surface area contributed by atoms with Crippen LogP contribution in [0.5, 0.6) is 5.75 Å². The van der Waals surface area contributed by atoms with Crippen LogP contribution in [0, 0.1) is 13.8 Å². The standard InChI is InChI=1S/C20H19BrN2O3/c1-12-4-9-17(10-13(12)2)25-14(3)20(24)22-19-11-18(23-26-19)15-5-7-16(21)8-6-15/h4-11,14H,1-3H3,(H,22,24)/t14-/m0/s1. The van der Waals surface area contributed by atoms with Gasteiger partial charge in [0, 0.05) is 16.1 Å². The molecule has 0 spiro atoms. The number of halogens is 1. The smallest absolute Gasteiger partial charge is 0.267 e. The Labute approximate surface area is 160 Å². The van der Waals surface area contributed by atoms with Crippen molar-refractivity contribution in [2.24, 2.45) is 0 Å². The summed E-state index contributed by atoms with van der Waals surface area (Å²) in [6, 6.07) is 15.1. The van der Waals surface area contributed by atoms with Gasteiger partial charge in [0.2, 0.25) is 5.88 Å². The second-order valence-corrected chi connectivity index (χ2v) is 6.99. The van der Waals surface area contributed by atoms with Crippen LogP contribution in [0.3, 0.4) is 0 Å². The highest BCUT2D eigenvalue weighted by Crippen LogP contribution is 2.24. The van der Waals surface area contributed by atoms with Crippen LogP contribution in [0.15, 0.2) is 57.5 Å². The van der Waals surface area contributed by atoms with E-state index >= 15 is 0 Å². The van der Waals surface area contributed by atoms with Gasteiger partial charge in [0.15, 0.2) is 6.10 Å². The van der Waals surface area contributed by atoms with Gasteiger partial charge < -0.3 is 9.26 Å². The van der Waals surface area contributed by atoms with Gasteiger partial charge in [0.05, 0.1) is 0 Å². The number of rotatable bonds is 5. The molecule has 0 aliphatic rings. The maximum absolute atomic E-state index is 12.3. The molecule has 1 N–H and O–H groups in total. The first kappa shape index (κ1) is 18.2. The number of aryl methyl sites for hydroxylation is 2. The molecule has 3 rings (SSSR count). The lowest BCUT2D eigenvalue weighted by Gasteiger charge is -2.14. The lowest BCUT2D eigenvalue weighted by Crippen LogP contribution is -2.30. The Kier molecular flexibility index (Phi) is 5.42. The number of amides is 1. The maximum atomic E-state index is 12.3. The van der Waals surface area contributed by atoms with Crippen molar-refractivity contribution in [1.82, 2.24) is 5.16 Å². The van der Waals surface area contributed by atoms with Gasteiger partial charge in [-0.3, -0.25) is 10.1 Å². The third kappa shape index (κ3) is 4.32. The summed E-state index contributed by atoms with van der Waals surface area (Å²) in [6.07, 6.45) is -0.668. The molecule has 6 heteroatoms. The third-order valence-corrected chi connectivity index (χ3v) is 4.59. The molecule has 0 fully saturated rings. The molecule has 1 heterocycles. The number of hydrogen-bond acceptors (Lipinski definition) is 4. The molecule has 1 amide bonds. The van der Waals surface area contributed by atoms with Gasteiger partial charge in [-0.15, -0.1) is 0 Å². The molecule has 5 nitrogen and oxygen atoms in total. The third-order valence-electron chi connectivity index (χ3n) is 4.06. The Morgan fingerprint density at radius 3 is 2.54 bits per heavy atom. The molecule has 0 aliphatic heterocycles. The van der Waals surface area contributed by atoms with Crippen molar-refractivity contribution >= 4 is 27.7 Å². The van der Waals surface area contributed by atoms with E-state index in [1.165, 1.54) is 5.56 Å². The number of carbonyl (C=O) groups excluding carboxylic acids is 1. The van der Waals surface area contributed by atoms with Crippen molar-refractivity contribution in [3.63, 3.8) is 0 Å². The first-order valence-electron chi connectivity index (χ1n) is 8.20. The topological polar surface area (TPSA) is 64.4 Å². The number of carbonyl (C=O) groups is 1. The molecule has 0 radical (unpaired) electrons. The lowest BCUT2D eigenvalue weighted by atomic mass is 10.1. The predicted molar refractivity (Wildman–Crippen MR) is 104 cm³/mol. The van der Waals surface area contributed by atoms with Gasteiger partial charge in [-0.2, -0.15) is 0 Å². The van der Waals surface area contributed by atoms with Gasteiger partial charge in [0.1, 0.15) is 11.4 Å². The molecule has 134 valence electrons. The van der Waals surface area contributed by atoms with E-state index in [1.54, 1.807) is 13.0 Å². The summed E-state index contributed by atoms with van der Waals surface area (Å²) in [6.45, 7) is 5.73. The second-order valence-electron chi connectivity index (χ2n) is 6.08. The summed E-state index contributed by atoms with van der Waals surface area (Å²) in [4.78, 5) is 12.3. The van der Waals surface area contributed by atoms with E-state index in [1.807, 2.05) is 56.3 Å². The number of aromatic nitrogens is 1. The van der Waals surface area contributed by atoms with Crippen LogP contribution in [0.2, 0.25) is 0 Å². The van der Waals surface area contributed by atoms with Crippen molar-refractivity contribution in [2.75, 3.05) is 5.32 Å². The fourth-order valence-corrected chi connectivity index (χ4v) is 2.62. The van der Waals surface area contributed by atoms with Crippen molar-refractivity contribution in [3.8, 4) is 17.0 Å². The first-order valence-corrected chi connectivity index (χ1v) is 8.99. The van der Waals surface area contributed by atoms with Crippen LogP contribution in [0.4, 0.5) is 5.88 Å². The van der Waals surface area contributed by atoms with Crippen LogP contribution in [0.1, 0.15) is 18.1 Å². The molecule has 1 atom stereocenters. The van der Waals surface area contributed by atoms with Crippen LogP contribution < -0.4 is 10.1 Å². The van der Waals surface area contributed by atoms with Crippen LogP contribution in [0.25, 0.3) is 11.3 Å². The molecule has 2 aromatic carbocycles. The van der Waals surface area contributed by atoms with Gasteiger partial charge >= 0.3 is 0 Å². The molecule has 0 aliphatic carbocycles. The zero-order valence-electron chi connectivity index (χ0n) is 14.7. The highest BCUT2D eigenvalue weighted by molar-refractivity contribution is 9.10. The van der Waals surface area contributed by atoms with Gasteiger partial charge in [-0.05, 0) is 56.2 Å². The highest BCUT2D eigenvalue weighted by atomic mass is 79.9. The number of nitrogens with one attached hydrogen (secondary N) is 1. The molecule has 1 aromatic heterocycles. The number of anilines is 1. The van der Waals surface area contributed by atoms with E-state index in [2.05, 4.69) is 26.4 Å². The molecular weight excluding hydrogens is 396 g/mol. The van der Waals surface area contributed by atoms with Crippen molar-refractivity contribution < 1.29 is 14.1 Å². The van der Waals surface area contributed by atoms with Crippen LogP contribution >= 0.6 is 15.9 Å². The Morgan fingerprint density at radius 2 is 1.85 bits per heavy atom. The van der Waals surface area contributed by atoms with Crippen molar-refractivity contribution in [1.29, 1.82) is 0 Å². The summed E-state index contributed by atoms with van der Waals surface area (Å²) in [5.41, 5.74) is 3.84. The van der Waals surface area contributed by atoms with Crippen molar-refractivity contribution in [2.45, 2.75) is 26.9 Å². The highest BCUT2D eigenvalue weighted by Gasteiger charge is 2.17. The Bertz CT molecular complexity index is 919. The summed E-state index contributed by atoms with van der Waals surface area (Å²) in [7, 11) is 0. The minimum Gasteiger partial charge on any atom is -0.481 e. The Balaban J connectivity index is 1.64. The largest absolute Gasteiger partial charge is 0.481 e. The number of ether oxygens (including phenoxy) is 1. The van der Waals surface area contributed by atoms with E-state index in [0.29, 0.717) is 11.4 Å². The van der Waals surface area contributed by atoms with E-state index in [9.17, 15) is 4.79 Å². The van der Waals surface area contributed by atoms with Gasteiger partial charge in [-0.1, -0.05) is 39.3 Å². The molecule has 0 saturated heterocycles. The second kappa shape index (κ2) is 7.74. The first-order chi connectivity index (χ1) is 12.4. The fourth-order valence-electron chi connectivity index (χ4n) is 2.36. The van der Waals surface area contributed by atoms with E-state index in [-0.39, 0.29) is 11.8 Å². The van der Waals surface area contributed by atoms with Crippen LogP contribution in [-0.4, -0.2) is 17.2 Å². The minimum absolute atomic E-state index is 0.281.